The Morgan fingerprint density at radius 1 is 1.04 bits per heavy atom. The van der Waals surface area contributed by atoms with Crippen LogP contribution in [0.15, 0.2) is 85.2 Å². The van der Waals surface area contributed by atoms with Crippen LogP contribution >= 0.6 is 23.2 Å². The summed E-state index contributed by atoms with van der Waals surface area (Å²) in [6.45, 7) is 0. The zero-order valence-electron chi connectivity index (χ0n) is 23.7. The Kier molecular flexibility index (Phi) is 8.16. The van der Waals surface area contributed by atoms with Crippen molar-refractivity contribution in [3.63, 3.8) is 0 Å². The van der Waals surface area contributed by atoms with Crippen molar-refractivity contribution in [3.8, 4) is 16.8 Å². The number of ether oxygens (including phenoxy) is 1. The van der Waals surface area contributed by atoms with Gasteiger partial charge in [-0.25, -0.2) is 4.79 Å². The van der Waals surface area contributed by atoms with E-state index in [9.17, 15) is 9.59 Å². The van der Waals surface area contributed by atoms with Crippen LogP contribution in [0.1, 0.15) is 29.2 Å². The van der Waals surface area contributed by atoms with E-state index in [0.717, 1.165) is 11.1 Å². The van der Waals surface area contributed by atoms with Crippen LogP contribution in [0.4, 0.5) is 16.2 Å². The van der Waals surface area contributed by atoms with Gasteiger partial charge in [0.25, 0.3) is 0 Å². The quantitative estimate of drug-likeness (QED) is 0.149. The summed E-state index contributed by atoms with van der Waals surface area (Å²) < 4.78 is 6.14. The summed E-state index contributed by atoms with van der Waals surface area (Å²) in [5, 5.41) is 26.5. The lowest BCUT2D eigenvalue weighted by molar-refractivity contribution is -0.117. The van der Waals surface area contributed by atoms with Crippen molar-refractivity contribution >= 4 is 52.7 Å². The summed E-state index contributed by atoms with van der Waals surface area (Å²) in [7, 11) is 1.29. The molecule has 0 spiro atoms. The number of rotatable bonds is 8. The molecule has 2 atom stereocenters. The molecule has 0 bridgehead atoms. The first-order chi connectivity index (χ1) is 21.8. The van der Waals surface area contributed by atoms with Crippen LogP contribution in [-0.4, -0.2) is 49.5 Å². The maximum absolute atomic E-state index is 13.5. The Morgan fingerprint density at radius 3 is 2.53 bits per heavy atom. The maximum atomic E-state index is 13.5. The van der Waals surface area contributed by atoms with Gasteiger partial charge in [0, 0.05) is 39.5 Å². The molecule has 0 saturated heterocycles. The fraction of sp³-hybridized carbons (Fsp3) is 0.129. The van der Waals surface area contributed by atoms with E-state index in [1.54, 1.807) is 48.5 Å². The average molecular weight is 643 g/mol. The molecule has 5 aromatic rings. The highest BCUT2D eigenvalue weighted by atomic mass is 35.5. The zero-order valence-corrected chi connectivity index (χ0v) is 25.2. The third-order valence-corrected chi connectivity index (χ3v) is 7.99. The van der Waals surface area contributed by atoms with E-state index in [-0.39, 0.29) is 17.0 Å². The van der Waals surface area contributed by atoms with Crippen LogP contribution in [0.5, 0.6) is 0 Å². The monoisotopic (exact) mass is 641 g/mol. The van der Waals surface area contributed by atoms with Gasteiger partial charge in [0.15, 0.2) is 5.15 Å². The standard InChI is InChI=1S/C31H25Cl2N9O3/c1-45-30(44)36-23-10-4-18(5-11-23)24-15-27(38-39-29(24)33)31(16-25(31)19-2-8-22(34)9-3-19)37-28(43)13-6-20-14-21(32)7-12-26(20)42-17-35-40-41-42/h2-15,17,25H,16,34H2,1H3,(H,36,44)(H,37,43)/b13-6+/t25-,31-/m0/s1. The first kappa shape index (κ1) is 29.7. The van der Waals surface area contributed by atoms with Gasteiger partial charge < -0.3 is 15.8 Å². The summed E-state index contributed by atoms with van der Waals surface area (Å²) in [5.74, 6) is -0.458. The Labute approximate surface area is 267 Å². The molecule has 2 heterocycles. The number of nitrogens with zero attached hydrogens (tertiary/aromatic N) is 6. The summed E-state index contributed by atoms with van der Waals surface area (Å²) in [6.07, 6.45) is 4.52. The van der Waals surface area contributed by atoms with Crippen LogP contribution in [0.3, 0.4) is 0 Å². The van der Waals surface area contributed by atoms with Crippen molar-refractivity contribution < 1.29 is 14.3 Å². The van der Waals surface area contributed by atoms with Gasteiger partial charge in [-0.05, 0) is 82.6 Å². The Bertz CT molecular complexity index is 1900. The number of nitrogen functional groups attached to an aromatic ring is 1. The molecule has 1 saturated carbocycles. The molecule has 0 unspecified atom stereocenters. The normalized spacial score (nSPS) is 17.2. The molecule has 45 heavy (non-hydrogen) atoms. The third-order valence-electron chi connectivity index (χ3n) is 7.48. The molecule has 0 radical (unpaired) electrons. The predicted octanol–water partition coefficient (Wildman–Crippen LogP) is 5.40. The van der Waals surface area contributed by atoms with Gasteiger partial charge in [0.05, 0.1) is 24.0 Å². The van der Waals surface area contributed by atoms with Crippen molar-refractivity contribution in [2.24, 2.45) is 0 Å². The molecule has 3 aromatic carbocycles. The number of benzene rings is 3. The molecule has 1 aliphatic rings. The minimum atomic E-state index is -0.872. The fourth-order valence-electron chi connectivity index (χ4n) is 5.14. The molecule has 2 amide bonds. The second kappa shape index (κ2) is 12.3. The lowest BCUT2D eigenvalue weighted by atomic mass is 9.99. The molecule has 1 aliphatic carbocycles. The largest absolute Gasteiger partial charge is 0.453 e. The predicted molar refractivity (Wildman–Crippen MR) is 170 cm³/mol. The third kappa shape index (κ3) is 6.33. The van der Waals surface area contributed by atoms with Crippen LogP contribution < -0.4 is 16.4 Å². The summed E-state index contributed by atoms with van der Waals surface area (Å²) in [6, 6.07) is 21.6. The van der Waals surface area contributed by atoms with Crippen molar-refractivity contribution in [1.82, 2.24) is 35.7 Å². The number of tetrazole rings is 1. The zero-order chi connectivity index (χ0) is 31.6. The van der Waals surface area contributed by atoms with E-state index in [2.05, 4.69) is 41.1 Å². The fourth-order valence-corrected chi connectivity index (χ4v) is 5.53. The van der Waals surface area contributed by atoms with E-state index in [1.807, 2.05) is 30.3 Å². The van der Waals surface area contributed by atoms with E-state index in [1.165, 1.54) is 24.2 Å². The van der Waals surface area contributed by atoms with Gasteiger partial charge in [-0.2, -0.15) is 9.78 Å². The number of nitrogens with one attached hydrogen (secondary N) is 2. The number of nitrogens with two attached hydrogens (primary N) is 1. The van der Waals surface area contributed by atoms with E-state index in [0.29, 0.717) is 45.3 Å². The summed E-state index contributed by atoms with van der Waals surface area (Å²) in [4.78, 5) is 25.1. The molecular weight excluding hydrogens is 617 g/mol. The smallest absolute Gasteiger partial charge is 0.411 e. The van der Waals surface area contributed by atoms with Crippen LogP contribution in [0.2, 0.25) is 10.2 Å². The highest BCUT2D eigenvalue weighted by Crippen LogP contribution is 2.58. The van der Waals surface area contributed by atoms with Crippen molar-refractivity contribution in [3.05, 3.63) is 112 Å². The second-order valence-corrected chi connectivity index (χ2v) is 11.1. The highest BCUT2D eigenvalue weighted by molar-refractivity contribution is 6.32. The summed E-state index contributed by atoms with van der Waals surface area (Å²) in [5.41, 5.74) is 10.4. The molecular formula is C31H25Cl2N9O3. The van der Waals surface area contributed by atoms with E-state index in [4.69, 9.17) is 28.9 Å². The first-order valence-electron chi connectivity index (χ1n) is 13.6. The Balaban J connectivity index is 1.32. The summed E-state index contributed by atoms with van der Waals surface area (Å²) >= 11 is 12.8. The van der Waals surface area contributed by atoms with Crippen LogP contribution in [0, 0.1) is 0 Å². The molecule has 14 heteroatoms. The number of carbonyl (C=O) groups is 2. The molecule has 12 nitrogen and oxygen atoms in total. The molecule has 1 fully saturated rings. The number of carbonyl (C=O) groups excluding carboxylic acids is 2. The van der Waals surface area contributed by atoms with Crippen molar-refractivity contribution in [2.45, 2.75) is 17.9 Å². The molecule has 4 N–H and O–H groups in total. The second-order valence-electron chi connectivity index (χ2n) is 10.3. The van der Waals surface area contributed by atoms with Gasteiger partial charge in [0.2, 0.25) is 5.91 Å². The highest BCUT2D eigenvalue weighted by Gasteiger charge is 2.58. The number of aromatic nitrogens is 6. The number of halogens is 2. The van der Waals surface area contributed by atoms with Crippen LogP contribution in [-0.2, 0) is 15.1 Å². The average Bonchev–Trinajstić information content (AvgIpc) is 3.49. The molecule has 0 aliphatic heterocycles. The van der Waals surface area contributed by atoms with Crippen LogP contribution in [0.25, 0.3) is 22.9 Å². The molecule has 226 valence electrons. The maximum Gasteiger partial charge on any atom is 0.411 e. The van der Waals surface area contributed by atoms with Crippen molar-refractivity contribution in [2.75, 3.05) is 18.2 Å². The number of amides is 2. The van der Waals surface area contributed by atoms with Gasteiger partial charge in [-0.3, -0.25) is 10.1 Å². The number of anilines is 2. The SMILES string of the molecule is COC(=O)Nc1ccc(-c2cc([C@]3(NC(=O)/C=C/c4cc(Cl)ccc4-n4cnnn4)C[C@H]3c3ccc(N)cc3)nnc2Cl)cc1. The van der Waals surface area contributed by atoms with Crippen molar-refractivity contribution in [1.29, 1.82) is 0 Å². The topological polar surface area (TPSA) is 163 Å². The molecule has 2 aromatic heterocycles. The first-order valence-corrected chi connectivity index (χ1v) is 14.4. The van der Waals surface area contributed by atoms with Gasteiger partial charge in [-0.1, -0.05) is 47.5 Å². The Morgan fingerprint density at radius 2 is 1.82 bits per heavy atom. The molecule has 6 rings (SSSR count). The van der Waals surface area contributed by atoms with Gasteiger partial charge >= 0.3 is 6.09 Å². The van der Waals surface area contributed by atoms with Gasteiger partial charge in [0.1, 0.15) is 6.33 Å². The lowest BCUT2D eigenvalue weighted by Gasteiger charge is -2.19. The number of hydrogen-bond acceptors (Lipinski definition) is 9. The Hall–Kier alpha value is -5.33. The number of hydrogen-bond donors (Lipinski definition) is 3. The van der Waals surface area contributed by atoms with E-state index < -0.39 is 11.6 Å². The van der Waals surface area contributed by atoms with E-state index >= 15 is 0 Å². The minimum absolute atomic E-state index is 0.103. The van der Waals surface area contributed by atoms with Gasteiger partial charge in [-0.15, -0.1) is 10.2 Å². The number of methoxy groups -OCH3 is 1. The lowest BCUT2D eigenvalue weighted by Crippen LogP contribution is -2.36. The minimum Gasteiger partial charge on any atom is -0.453 e.